The van der Waals surface area contributed by atoms with E-state index < -0.39 is 18.8 Å². The third kappa shape index (κ3) is 5.98. The summed E-state index contributed by atoms with van der Waals surface area (Å²) >= 11 is 0. The Kier molecular flexibility index (Phi) is 6.40. The third-order valence-electron chi connectivity index (χ3n) is 2.25. The molecule has 1 atom stereocenters. The Labute approximate surface area is 120 Å². The predicted molar refractivity (Wildman–Crippen MR) is 70.3 cm³/mol. The molecule has 1 heterocycles. The molecule has 1 aromatic rings. The van der Waals surface area contributed by atoms with Crippen molar-refractivity contribution in [3.63, 3.8) is 0 Å². The number of nitrogens with zero attached hydrogens (tertiary/aromatic N) is 3. The number of rotatable bonds is 8. The summed E-state index contributed by atoms with van der Waals surface area (Å²) in [6.07, 6.45) is -6.38. The number of ether oxygens (including phenoxy) is 1. The van der Waals surface area contributed by atoms with E-state index in [1.807, 2.05) is 6.92 Å². The minimum absolute atomic E-state index is 0.00454. The zero-order chi connectivity index (χ0) is 15.9. The van der Waals surface area contributed by atoms with Crippen molar-refractivity contribution in [2.75, 3.05) is 30.3 Å². The van der Waals surface area contributed by atoms with Crippen molar-refractivity contribution in [2.24, 2.45) is 0 Å². The SMILES string of the molecule is CCCNc1nc(NCC(O)C(F)(F)F)nc(OCC)n1. The Morgan fingerprint density at radius 2 is 1.76 bits per heavy atom. The number of nitrogens with one attached hydrogen (secondary N) is 2. The summed E-state index contributed by atoms with van der Waals surface area (Å²) in [7, 11) is 0. The van der Waals surface area contributed by atoms with Gasteiger partial charge in [-0.1, -0.05) is 6.92 Å². The van der Waals surface area contributed by atoms with Gasteiger partial charge in [0.15, 0.2) is 6.10 Å². The van der Waals surface area contributed by atoms with Crippen molar-refractivity contribution in [3.05, 3.63) is 0 Å². The Morgan fingerprint density at radius 3 is 2.29 bits per heavy atom. The summed E-state index contributed by atoms with van der Waals surface area (Å²) in [6.45, 7) is 3.81. The van der Waals surface area contributed by atoms with Crippen LogP contribution in [0.1, 0.15) is 20.3 Å². The molecule has 0 bridgehead atoms. The molecule has 1 unspecified atom stereocenters. The molecule has 21 heavy (non-hydrogen) atoms. The number of aliphatic hydroxyl groups excluding tert-OH is 1. The lowest BCUT2D eigenvalue weighted by molar-refractivity contribution is -0.198. The standard InChI is InChI=1S/C11H18F3N5O2/c1-3-5-15-8-17-9(19-10(18-8)21-4-2)16-6-7(20)11(12,13)14/h7,20H,3-6H2,1-2H3,(H2,15,16,17,18,19). The number of aromatic nitrogens is 3. The second kappa shape index (κ2) is 7.81. The summed E-state index contributed by atoms with van der Waals surface area (Å²) < 4.78 is 41.8. The van der Waals surface area contributed by atoms with Gasteiger partial charge in [0.05, 0.1) is 13.2 Å². The maximum Gasteiger partial charge on any atom is 0.416 e. The van der Waals surface area contributed by atoms with E-state index in [1.165, 1.54) is 0 Å². The first-order chi connectivity index (χ1) is 9.86. The van der Waals surface area contributed by atoms with Crippen LogP contribution in [-0.2, 0) is 0 Å². The van der Waals surface area contributed by atoms with Crippen LogP contribution in [0.4, 0.5) is 25.1 Å². The van der Waals surface area contributed by atoms with Crippen molar-refractivity contribution in [1.82, 2.24) is 15.0 Å². The fourth-order valence-corrected chi connectivity index (χ4v) is 1.25. The van der Waals surface area contributed by atoms with E-state index >= 15 is 0 Å². The van der Waals surface area contributed by atoms with Gasteiger partial charge in [-0.2, -0.15) is 28.1 Å². The minimum Gasteiger partial charge on any atom is -0.464 e. The fraction of sp³-hybridized carbons (Fsp3) is 0.727. The first-order valence-corrected chi connectivity index (χ1v) is 6.48. The Hall–Kier alpha value is -1.84. The van der Waals surface area contributed by atoms with Gasteiger partial charge in [0.25, 0.3) is 0 Å². The summed E-state index contributed by atoms with van der Waals surface area (Å²) in [4.78, 5) is 11.7. The highest BCUT2D eigenvalue weighted by molar-refractivity contribution is 5.35. The maximum absolute atomic E-state index is 12.2. The molecule has 0 fully saturated rings. The van der Waals surface area contributed by atoms with Gasteiger partial charge in [-0.3, -0.25) is 0 Å². The first-order valence-electron chi connectivity index (χ1n) is 6.48. The molecule has 0 aromatic carbocycles. The van der Waals surface area contributed by atoms with Crippen molar-refractivity contribution in [3.8, 4) is 6.01 Å². The van der Waals surface area contributed by atoms with Crippen molar-refractivity contribution in [1.29, 1.82) is 0 Å². The lowest BCUT2D eigenvalue weighted by atomic mass is 10.3. The molecule has 1 rings (SSSR count). The summed E-state index contributed by atoms with van der Waals surface area (Å²) in [6, 6.07) is -0.00454. The third-order valence-corrected chi connectivity index (χ3v) is 2.25. The zero-order valence-corrected chi connectivity index (χ0v) is 11.7. The molecular weight excluding hydrogens is 291 g/mol. The smallest absolute Gasteiger partial charge is 0.416 e. The van der Waals surface area contributed by atoms with Crippen LogP contribution in [0.3, 0.4) is 0 Å². The van der Waals surface area contributed by atoms with Crippen LogP contribution in [0.15, 0.2) is 0 Å². The van der Waals surface area contributed by atoms with Gasteiger partial charge in [0.1, 0.15) is 0 Å². The molecular formula is C11H18F3N5O2. The number of aliphatic hydroxyl groups is 1. The Morgan fingerprint density at radius 1 is 1.14 bits per heavy atom. The van der Waals surface area contributed by atoms with Crippen LogP contribution in [0.5, 0.6) is 6.01 Å². The molecule has 0 aliphatic heterocycles. The molecule has 0 aliphatic carbocycles. The van der Waals surface area contributed by atoms with E-state index in [9.17, 15) is 13.2 Å². The van der Waals surface area contributed by atoms with Crippen molar-refractivity contribution in [2.45, 2.75) is 32.5 Å². The highest BCUT2D eigenvalue weighted by Crippen LogP contribution is 2.20. The summed E-state index contributed by atoms with van der Waals surface area (Å²) in [5.41, 5.74) is 0. The highest BCUT2D eigenvalue weighted by Gasteiger charge is 2.38. The topological polar surface area (TPSA) is 92.2 Å². The average Bonchev–Trinajstić information content (AvgIpc) is 2.41. The largest absolute Gasteiger partial charge is 0.464 e. The quantitative estimate of drug-likeness (QED) is 0.669. The minimum atomic E-state index is -4.70. The Balaban J connectivity index is 2.77. The second-order valence-electron chi connectivity index (χ2n) is 4.06. The second-order valence-corrected chi connectivity index (χ2v) is 4.06. The maximum atomic E-state index is 12.2. The van der Waals surface area contributed by atoms with Crippen LogP contribution in [0, 0.1) is 0 Å². The molecule has 0 spiro atoms. The van der Waals surface area contributed by atoms with E-state index in [-0.39, 0.29) is 17.9 Å². The number of anilines is 2. The Bertz CT molecular complexity index is 444. The van der Waals surface area contributed by atoms with Gasteiger partial charge in [-0.05, 0) is 13.3 Å². The monoisotopic (exact) mass is 309 g/mol. The fourth-order valence-electron chi connectivity index (χ4n) is 1.25. The molecule has 0 radical (unpaired) electrons. The van der Waals surface area contributed by atoms with Crippen molar-refractivity contribution < 1.29 is 23.0 Å². The van der Waals surface area contributed by atoms with Crippen LogP contribution in [-0.4, -0.2) is 52.0 Å². The predicted octanol–water partition coefficient (Wildman–Crippen LogP) is 1.43. The molecule has 0 saturated carbocycles. The molecule has 1 aromatic heterocycles. The van der Waals surface area contributed by atoms with Gasteiger partial charge >= 0.3 is 12.2 Å². The lowest BCUT2D eigenvalue weighted by Crippen LogP contribution is -2.35. The highest BCUT2D eigenvalue weighted by atomic mass is 19.4. The molecule has 0 saturated heterocycles. The van der Waals surface area contributed by atoms with E-state index in [0.717, 1.165) is 6.42 Å². The number of hydrogen-bond donors (Lipinski definition) is 3. The number of halogens is 3. The molecule has 0 amide bonds. The molecule has 3 N–H and O–H groups in total. The van der Waals surface area contributed by atoms with Gasteiger partial charge in [-0.15, -0.1) is 0 Å². The lowest BCUT2D eigenvalue weighted by Gasteiger charge is -2.15. The van der Waals surface area contributed by atoms with Crippen LogP contribution < -0.4 is 15.4 Å². The molecule has 10 heteroatoms. The van der Waals surface area contributed by atoms with Crippen molar-refractivity contribution >= 4 is 11.9 Å². The average molecular weight is 309 g/mol. The molecule has 120 valence electrons. The van der Waals surface area contributed by atoms with E-state index in [2.05, 4.69) is 25.6 Å². The normalized spacial score (nSPS) is 12.9. The summed E-state index contributed by atoms with van der Waals surface area (Å²) in [5.74, 6) is 0.0923. The van der Waals surface area contributed by atoms with Gasteiger partial charge in [0.2, 0.25) is 11.9 Å². The van der Waals surface area contributed by atoms with Gasteiger partial charge in [-0.25, -0.2) is 0 Å². The number of hydrogen-bond acceptors (Lipinski definition) is 7. The number of alkyl halides is 3. The molecule has 0 aliphatic rings. The van der Waals surface area contributed by atoms with E-state index in [1.54, 1.807) is 6.92 Å². The molecule has 7 nitrogen and oxygen atoms in total. The van der Waals surface area contributed by atoms with Crippen LogP contribution in [0.25, 0.3) is 0 Å². The zero-order valence-electron chi connectivity index (χ0n) is 11.7. The van der Waals surface area contributed by atoms with Gasteiger partial charge in [0, 0.05) is 6.54 Å². The summed E-state index contributed by atoms with van der Waals surface area (Å²) in [5, 5.41) is 14.1. The first kappa shape index (κ1) is 17.2. The van der Waals surface area contributed by atoms with E-state index in [4.69, 9.17) is 9.84 Å². The van der Waals surface area contributed by atoms with Gasteiger partial charge < -0.3 is 20.5 Å². The van der Waals surface area contributed by atoms with E-state index in [0.29, 0.717) is 13.2 Å². The van der Waals surface area contributed by atoms with Crippen LogP contribution >= 0.6 is 0 Å². The van der Waals surface area contributed by atoms with Crippen LogP contribution in [0.2, 0.25) is 0 Å².